The summed E-state index contributed by atoms with van der Waals surface area (Å²) in [7, 11) is 2.25. The molecule has 1 nitrogen and oxygen atoms in total. The molecule has 0 aromatic carbocycles. The highest BCUT2D eigenvalue weighted by atomic mass is 15.1. The summed E-state index contributed by atoms with van der Waals surface area (Å²) in [6, 6.07) is 0. The highest BCUT2D eigenvalue weighted by Gasteiger charge is 1.97. The smallest absolute Gasteiger partial charge is 0.00218 e. The minimum Gasteiger partial charge on any atom is -0.306 e. The van der Waals surface area contributed by atoms with Crippen LogP contribution in [0.1, 0.15) is 78.6 Å². The van der Waals surface area contributed by atoms with Crippen LogP contribution in [-0.4, -0.2) is 25.0 Å². The van der Waals surface area contributed by atoms with Crippen molar-refractivity contribution >= 4 is 0 Å². The first-order chi connectivity index (χ1) is 8.16. The predicted molar refractivity (Wildman–Crippen MR) is 79.6 cm³/mol. The van der Waals surface area contributed by atoms with Gasteiger partial charge in [-0.2, -0.15) is 0 Å². The molecule has 0 rings (SSSR count). The molecule has 1 heteroatoms. The second kappa shape index (κ2) is 12.4. The quantitative estimate of drug-likeness (QED) is 0.429. The molecule has 0 aliphatic carbocycles. The van der Waals surface area contributed by atoms with E-state index in [9.17, 15) is 0 Å². The number of hydrogen-bond donors (Lipinski definition) is 0. The molecular weight excluding hydrogens is 206 g/mol. The molecule has 104 valence electrons. The maximum absolute atomic E-state index is 2.46. The van der Waals surface area contributed by atoms with Crippen molar-refractivity contribution in [2.75, 3.05) is 20.1 Å². The zero-order valence-electron chi connectivity index (χ0n) is 12.8. The number of hydrogen-bond acceptors (Lipinski definition) is 1. The van der Waals surface area contributed by atoms with E-state index in [1.807, 2.05) is 0 Å². The second-order valence-corrected chi connectivity index (χ2v) is 5.96. The first kappa shape index (κ1) is 17.0. The monoisotopic (exact) mass is 241 g/mol. The molecule has 0 unspecified atom stereocenters. The number of nitrogens with zero attached hydrogens (tertiary/aromatic N) is 1. The minimum absolute atomic E-state index is 0.893. The van der Waals surface area contributed by atoms with Crippen molar-refractivity contribution in [1.29, 1.82) is 0 Å². The van der Waals surface area contributed by atoms with Gasteiger partial charge >= 0.3 is 0 Å². The van der Waals surface area contributed by atoms with Crippen molar-refractivity contribution < 1.29 is 0 Å². The van der Waals surface area contributed by atoms with E-state index in [4.69, 9.17) is 0 Å². The Morgan fingerprint density at radius 3 is 1.82 bits per heavy atom. The highest BCUT2D eigenvalue weighted by molar-refractivity contribution is 4.52. The van der Waals surface area contributed by atoms with Gasteiger partial charge < -0.3 is 4.90 Å². The van der Waals surface area contributed by atoms with Crippen molar-refractivity contribution in [2.45, 2.75) is 78.6 Å². The SMILES string of the molecule is CCCN(C)CCCCCCCCCC(C)C. The van der Waals surface area contributed by atoms with Crippen molar-refractivity contribution in [1.82, 2.24) is 4.90 Å². The maximum atomic E-state index is 2.46. The lowest BCUT2D eigenvalue weighted by Gasteiger charge is -2.14. The Morgan fingerprint density at radius 1 is 0.765 bits per heavy atom. The van der Waals surface area contributed by atoms with Gasteiger partial charge in [-0.05, 0) is 38.9 Å². The Morgan fingerprint density at radius 2 is 1.29 bits per heavy atom. The van der Waals surface area contributed by atoms with Crippen LogP contribution >= 0.6 is 0 Å². The van der Waals surface area contributed by atoms with Crippen LogP contribution in [0.25, 0.3) is 0 Å². The summed E-state index contributed by atoms with van der Waals surface area (Å²) >= 11 is 0. The number of rotatable bonds is 12. The van der Waals surface area contributed by atoms with Crippen LogP contribution in [0.2, 0.25) is 0 Å². The number of unbranched alkanes of at least 4 members (excludes halogenated alkanes) is 6. The van der Waals surface area contributed by atoms with E-state index in [-0.39, 0.29) is 0 Å². The Hall–Kier alpha value is -0.0400. The fourth-order valence-electron chi connectivity index (χ4n) is 2.31. The van der Waals surface area contributed by atoms with E-state index in [0.717, 1.165) is 5.92 Å². The van der Waals surface area contributed by atoms with Crippen LogP contribution in [-0.2, 0) is 0 Å². The van der Waals surface area contributed by atoms with E-state index >= 15 is 0 Å². The lowest BCUT2D eigenvalue weighted by atomic mass is 10.0. The largest absolute Gasteiger partial charge is 0.306 e. The third-order valence-corrected chi connectivity index (χ3v) is 3.43. The summed E-state index contributed by atoms with van der Waals surface area (Å²) in [5.41, 5.74) is 0. The lowest BCUT2D eigenvalue weighted by molar-refractivity contribution is 0.324. The fraction of sp³-hybridized carbons (Fsp3) is 1.00. The van der Waals surface area contributed by atoms with Gasteiger partial charge in [0, 0.05) is 0 Å². The van der Waals surface area contributed by atoms with E-state index in [1.165, 1.54) is 70.9 Å². The Balaban J connectivity index is 3.03. The molecule has 0 aliphatic heterocycles. The molecule has 0 aromatic rings. The standard InChI is InChI=1S/C16H35N/c1-5-14-17(4)15-12-10-8-6-7-9-11-13-16(2)3/h16H,5-15H2,1-4H3. The summed E-state index contributed by atoms with van der Waals surface area (Å²) < 4.78 is 0. The van der Waals surface area contributed by atoms with Gasteiger partial charge in [-0.1, -0.05) is 65.7 Å². The van der Waals surface area contributed by atoms with E-state index in [2.05, 4.69) is 32.7 Å². The first-order valence-electron chi connectivity index (χ1n) is 7.85. The topological polar surface area (TPSA) is 3.24 Å². The van der Waals surface area contributed by atoms with Crippen molar-refractivity contribution in [3.63, 3.8) is 0 Å². The van der Waals surface area contributed by atoms with Crippen molar-refractivity contribution in [3.8, 4) is 0 Å². The third-order valence-electron chi connectivity index (χ3n) is 3.43. The molecule has 0 amide bonds. The van der Waals surface area contributed by atoms with Crippen LogP contribution < -0.4 is 0 Å². The molecule has 0 spiro atoms. The highest BCUT2D eigenvalue weighted by Crippen LogP contribution is 2.12. The van der Waals surface area contributed by atoms with Crippen LogP contribution in [0.4, 0.5) is 0 Å². The van der Waals surface area contributed by atoms with Gasteiger partial charge in [-0.25, -0.2) is 0 Å². The van der Waals surface area contributed by atoms with E-state index < -0.39 is 0 Å². The van der Waals surface area contributed by atoms with Crippen LogP contribution in [0.5, 0.6) is 0 Å². The van der Waals surface area contributed by atoms with Gasteiger partial charge in [-0.15, -0.1) is 0 Å². The summed E-state index contributed by atoms with van der Waals surface area (Å²) in [6.07, 6.45) is 12.8. The molecule has 0 fully saturated rings. The Kier molecular flexibility index (Phi) is 12.4. The predicted octanol–water partition coefficient (Wildman–Crippen LogP) is 5.11. The summed E-state index contributed by atoms with van der Waals surface area (Å²) in [6.45, 7) is 9.46. The van der Waals surface area contributed by atoms with Gasteiger partial charge in [0.2, 0.25) is 0 Å². The molecule has 0 heterocycles. The maximum Gasteiger partial charge on any atom is -0.00218 e. The molecule has 0 aromatic heterocycles. The molecule has 0 saturated heterocycles. The molecule has 0 radical (unpaired) electrons. The molecule has 17 heavy (non-hydrogen) atoms. The van der Waals surface area contributed by atoms with E-state index in [1.54, 1.807) is 0 Å². The van der Waals surface area contributed by atoms with Gasteiger partial charge in [0.1, 0.15) is 0 Å². The molecule has 0 saturated carbocycles. The fourth-order valence-corrected chi connectivity index (χ4v) is 2.31. The third kappa shape index (κ3) is 13.9. The zero-order valence-corrected chi connectivity index (χ0v) is 12.8. The molecule has 0 aliphatic rings. The molecule has 0 bridgehead atoms. The summed E-state index contributed by atoms with van der Waals surface area (Å²) in [5, 5.41) is 0. The Labute approximate surface area is 110 Å². The van der Waals surface area contributed by atoms with Crippen LogP contribution in [0.3, 0.4) is 0 Å². The van der Waals surface area contributed by atoms with E-state index in [0.29, 0.717) is 0 Å². The second-order valence-electron chi connectivity index (χ2n) is 5.96. The average Bonchev–Trinajstić information content (AvgIpc) is 2.27. The van der Waals surface area contributed by atoms with Crippen LogP contribution in [0.15, 0.2) is 0 Å². The minimum atomic E-state index is 0.893. The molecular formula is C16H35N. The summed E-state index contributed by atoms with van der Waals surface area (Å²) in [4.78, 5) is 2.46. The summed E-state index contributed by atoms with van der Waals surface area (Å²) in [5.74, 6) is 0.893. The van der Waals surface area contributed by atoms with Gasteiger partial charge in [0.15, 0.2) is 0 Å². The molecule has 0 atom stereocenters. The first-order valence-corrected chi connectivity index (χ1v) is 7.85. The zero-order chi connectivity index (χ0) is 12.9. The van der Waals surface area contributed by atoms with Gasteiger partial charge in [0.05, 0.1) is 0 Å². The normalized spacial score (nSPS) is 11.6. The Bertz CT molecular complexity index is 142. The lowest BCUT2D eigenvalue weighted by Crippen LogP contribution is -2.20. The molecule has 0 N–H and O–H groups in total. The van der Waals surface area contributed by atoms with Gasteiger partial charge in [-0.3, -0.25) is 0 Å². The van der Waals surface area contributed by atoms with Gasteiger partial charge in [0.25, 0.3) is 0 Å². The van der Waals surface area contributed by atoms with Crippen LogP contribution in [0, 0.1) is 5.92 Å². The van der Waals surface area contributed by atoms with Crippen molar-refractivity contribution in [2.24, 2.45) is 5.92 Å². The van der Waals surface area contributed by atoms with Crippen molar-refractivity contribution in [3.05, 3.63) is 0 Å². The average molecular weight is 241 g/mol.